The average Bonchev–Trinajstić information content (AvgIpc) is 2.43. The molecule has 2 rings (SSSR count). The smallest absolute Gasteiger partial charge is 0.222 e. The van der Waals surface area contributed by atoms with E-state index >= 15 is 0 Å². The van der Waals surface area contributed by atoms with Gasteiger partial charge in [0.1, 0.15) is 0 Å². The van der Waals surface area contributed by atoms with E-state index in [1.165, 1.54) is 6.07 Å². The van der Waals surface area contributed by atoms with Gasteiger partial charge in [0, 0.05) is 19.5 Å². The Morgan fingerprint density at radius 2 is 2.15 bits per heavy atom. The molecule has 0 radical (unpaired) electrons. The van der Waals surface area contributed by atoms with Gasteiger partial charge >= 0.3 is 0 Å². The van der Waals surface area contributed by atoms with Crippen molar-refractivity contribution >= 4 is 5.91 Å². The highest BCUT2D eigenvalue weighted by molar-refractivity contribution is 5.76. The molecule has 1 aromatic rings. The summed E-state index contributed by atoms with van der Waals surface area (Å²) in [5.41, 5.74) is 0.600. The first-order chi connectivity index (χ1) is 9.47. The molecule has 0 saturated carbocycles. The highest BCUT2D eigenvalue weighted by Crippen LogP contribution is 2.18. The number of aliphatic hydroxyl groups is 1. The fraction of sp³-hybridized carbons (Fsp3) is 0.533. The van der Waals surface area contributed by atoms with E-state index in [0.29, 0.717) is 25.1 Å². The van der Waals surface area contributed by atoms with Gasteiger partial charge in [-0.15, -0.1) is 0 Å². The fourth-order valence-corrected chi connectivity index (χ4v) is 2.38. The van der Waals surface area contributed by atoms with Gasteiger partial charge < -0.3 is 10.0 Å². The Hall–Kier alpha value is -1.49. The molecule has 1 amide bonds. The van der Waals surface area contributed by atoms with Crippen molar-refractivity contribution in [3.63, 3.8) is 0 Å². The summed E-state index contributed by atoms with van der Waals surface area (Å²) in [4.78, 5) is 13.7. The number of aryl methyl sites for hydroxylation is 1. The molecule has 2 unspecified atom stereocenters. The lowest BCUT2D eigenvalue weighted by Gasteiger charge is -2.34. The summed E-state index contributed by atoms with van der Waals surface area (Å²) in [5, 5.41) is 9.76. The number of likely N-dealkylation sites (tertiary alicyclic amines) is 1. The molecular formula is C15H19F2NO2. The Bertz CT molecular complexity index is 493. The molecule has 1 aromatic carbocycles. The van der Waals surface area contributed by atoms with Gasteiger partial charge in [0.2, 0.25) is 5.91 Å². The van der Waals surface area contributed by atoms with Crippen molar-refractivity contribution in [3.8, 4) is 0 Å². The van der Waals surface area contributed by atoms with Crippen LogP contribution in [0.5, 0.6) is 0 Å². The number of benzene rings is 1. The summed E-state index contributed by atoms with van der Waals surface area (Å²) in [6.45, 7) is 2.97. The van der Waals surface area contributed by atoms with Crippen LogP contribution < -0.4 is 0 Å². The molecule has 110 valence electrons. The third-order valence-electron chi connectivity index (χ3n) is 3.88. The minimum Gasteiger partial charge on any atom is -0.391 e. The van der Waals surface area contributed by atoms with Crippen molar-refractivity contribution in [1.82, 2.24) is 4.90 Å². The monoisotopic (exact) mass is 283 g/mol. The molecule has 1 aliphatic heterocycles. The number of halogens is 2. The van der Waals surface area contributed by atoms with Crippen LogP contribution in [0.3, 0.4) is 0 Å². The number of amides is 1. The molecular weight excluding hydrogens is 264 g/mol. The van der Waals surface area contributed by atoms with E-state index in [2.05, 4.69) is 0 Å². The molecule has 1 aliphatic rings. The van der Waals surface area contributed by atoms with Crippen molar-refractivity contribution in [3.05, 3.63) is 35.4 Å². The van der Waals surface area contributed by atoms with E-state index in [9.17, 15) is 18.7 Å². The number of aliphatic hydroxyl groups excluding tert-OH is 1. The molecule has 1 fully saturated rings. The van der Waals surface area contributed by atoms with Crippen LogP contribution in [0.4, 0.5) is 8.78 Å². The predicted octanol–water partition coefficient (Wildman–Crippen LogP) is 2.13. The van der Waals surface area contributed by atoms with Gasteiger partial charge in [-0.3, -0.25) is 4.79 Å². The zero-order chi connectivity index (χ0) is 14.7. The Morgan fingerprint density at radius 1 is 1.40 bits per heavy atom. The minimum absolute atomic E-state index is 0.0549. The van der Waals surface area contributed by atoms with E-state index in [-0.39, 0.29) is 18.2 Å². The molecule has 3 nitrogen and oxygen atoms in total. The van der Waals surface area contributed by atoms with Crippen LogP contribution in [0, 0.1) is 17.6 Å². The second-order valence-corrected chi connectivity index (χ2v) is 5.42. The standard InChI is InChI=1S/C15H19F2NO2/c1-10-6-7-18(9-14(10)19)15(20)5-3-11-2-4-12(16)13(17)8-11/h2,4,8,10,14,19H,3,5-7,9H2,1H3. The molecule has 2 atom stereocenters. The van der Waals surface area contributed by atoms with Gasteiger partial charge in [-0.1, -0.05) is 13.0 Å². The third kappa shape index (κ3) is 3.54. The Kier molecular flexibility index (Phi) is 4.70. The first-order valence-corrected chi connectivity index (χ1v) is 6.87. The van der Waals surface area contributed by atoms with Crippen LogP contribution in [-0.4, -0.2) is 35.1 Å². The maximum atomic E-state index is 13.0. The average molecular weight is 283 g/mol. The number of carbonyl (C=O) groups is 1. The highest BCUT2D eigenvalue weighted by atomic mass is 19.2. The second-order valence-electron chi connectivity index (χ2n) is 5.42. The van der Waals surface area contributed by atoms with Gasteiger partial charge in [-0.25, -0.2) is 8.78 Å². The molecule has 0 bridgehead atoms. The molecule has 0 spiro atoms. The van der Waals surface area contributed by atoms with E-state index in [0.717, 1.165) is 18.6 Å². The number of nitrogens with zero attached hydrogens (tertiary/aromatic N) is 1. The summed E-state index contributed by atoms with van der Waals surface area (Å²) in [6.07, 6.45) is 0.929. The Balaban J connectivity index is 1.87. The maximum absolute atomic E-state index is 13.0. The van der Waals surface area contributed by atoms with Crippen LogP contribution in [-0.2, 0) is 11.2 Å². The highest BCUT2D eigenvalue weighted by Gasteiger charge is 2.26. The zero-order valence-corrected chi connectivity index (χ0v) is 11.5. The molecule has 0 aliphatic carbocycles. The first-order valence-electron chi connectivity index (χ1n) is 6.87. The largest absolute Gasteiger partial charge is 0.391 e. The van der Waals surface area contributed by atoms with Gasteiger partial charge in [-0.2, -0.15) is 0 Å². The number of piperidine rings is 1. The third-order valence-corrected chi connectivity index (χ3v) is 3.88. The Labute approximate surface area is 117 Å². The normalized spacial score (nSPS) is 22.9. The molecule has 1 heterocycles. The van der Waals surface area contributed by atoms with Crippen molar-refractivity contribution in [2.24, 2.45) is 5.92 Å². The van der Waals surface area contributed by atoms with Crippen molar-refractivity contribution in [2.45, 2.75) is 32.3 Å². The number of carbonyl (C=O) groups excluding carboxylic acids is 1. The van der Waals surface area contributed by atoms with Crippen molar-refractivity contribution < 1.29 is 18.7 Å². The number of hydrogen-bond donors (Lipinski definition) is 1. The quantitative estimate of drug-likeness (QED) is 0.923. The first kappa shape index (κ1) is 14.9. The number of rotatable bonds is 3. The van der Waals surface area contributed by atoms with E-state index in [4.69, 9.17) is 0 Å². The lowest BCUT2D eigenvalue weighted by atomic mass is 9.95. The molecule has 5 heteroatoms. The summed E-state index contributed by atoms with van der Waals surface area (Å²) in [7, 11) is 0. The number of hydrogen-bond acceptors (Lipinski definition) is 2. The topological polar surface area (TPSA) is 40.5 Å². The molecule has 1 N–H and O–H groups in total. The summed E-state index contributed by atoms with van der Waals surface area (Å²) in [6, 6.07) is 3.68. The van der Waals surface area contributed by atoms with E-state index in [1.807, 2.05) is 6.92 Å². The second kappa shape index (κ2) is 6.31. The van der Waals surface area contributed by atoms with Crippen LogP contribution in [0.25, 0.3) is 0 Å². The van der Waals surface area contributed by atoms with Crippen LogP contribution >= 0.6 is 0 Å². The van der Waals surface area contributed by atoms with Crippen molar-refractivity contribution in [2.75, 3.05) is 13.1 Å². The van der Waals surface area contributed by atoms with E-state index < -0.39 is 17.7 Å². The van der Waals surface area contributed by atoms with Crippen LogP contribution in [0.15, 0.2) is 18.2 Å². The maximum Gasteiger partial charge on any atom is 0.222 e. The van der Waals surface area contributed by atoms with Crippen molar-refractivity contribution in [1.29, 1.82) is 0 Å². The fourth-order valence-electron chi connectivity index (χ4n) is 2.38. The minimum atomic E-state index is -0.892. The Morgan fingerprint density at radius 3 is 2.80 bits per heavy atom. The SMILES string of the molecule is CC1CCN(C(=O)CCc2ccc(F)c(F)c2)CC1O. The summed E-state index contributed by atoms with van der Waals surface area (Å²) in [5.74, 6) is -1.61. The zero-order valence-electron chi connectivity index (χ0n) is 11.5. The number of β-amino-alcohol motifs (C(OH)–C–C–N with tert-alkyl or cyclic N) is 1. The lowest BCUT2D eigenvalue weighted by Crippen LogP contribution is -2.45. The molecule has 0 aromatic heterocycles. The van der Waals surface area contributed by atoms with Crippen LogP contribution in [0.2, 0.25) is 0 Å². The molecule has 1 saturated heterocycles. The molecule has 20 heavy (non-hydrogen) atoms. The summed E-state index contributed by atoms with van der Waals surface area (Å²) < 4.78 is 25.8. The van der Waals surface area contributed by atoms with Crippen LogP contribution in [0.1, 0.15) is 25.3 Å². The van der Waals surface area contributed by atoms with E-state index in [1.54, 1.807) is 4.90 Å². The van der Waals surface area contributed by atoms with Gasteiger partial charge in [0.05, 0.1) is 6.10 Å². The lowest BCUT2D eigenvalue weighted by molar-refractivity contribution is -0.135. The van der Waals surface area contributed by atoms with Gasteiger partial charge in [0.25, 0.3) is 0 Å². The van der Waals surface area contributed by atoms with Gasteiger partial charge in [-0.05, 0) is 36.5 Å². The predicted molar refractivity (Wildman–Crippen MR) is 71.0 cm³/mol. The summed E-state index contributed by atoms with van der Waals surface area (Å²) >= 11 is 0. The van der Waals surface area contributed by atoms with Gasteiger partial charge in [0.15, 0.2) is 11.6 Å².